The molecule has 1 aromatic carbocycles. The molecule has 1 amide bonds. The summed E-state index contributed by atoms with van der Waals surface area (Å²) in [5, 5.41) is 0. The minimum Gasteiger partial charge on any atom is -0.454 e. The molecule has 3 N–H and O–H groups in total. The summed E-state index contributed by atoms with van der Waals surface area (Å²) in [7, 11) is 0. The highest BCUT2D eigenvalue weighted by molar-refractivity contribution is 5.80. The van der Waals surface area contributed by atoms with Crippen molar-refractivity contribution in [3.63, 3.8) is 0 Å². The number of hydrogen-bond acceptors (Lipinski definition) is 5. The Labute approximate surface area is 105 Å². The van der Waals surface area contributed by atoms with Gasteiger partial charge >= 0.3 is 0 Å². The Kier molecular flexibility index (Phi) is 4.01. The number of ether oxygens (including phenoxy) is 3. The van der Waals surface area contributed by atoms with Crippen molar-refractivity contribution in [2.45, 2.75) is 26.1 Å². The molecule has 1 heterocycles. The molecule has 1 aliphatic rings. The lowest BCUT2D eigenvalue weighted by atomic mass is 10.2. The predicted octanol–water partition coefficient (Wildman–Crippen LogP) is 0.700. The van der Waals surface area contributed by atoms with Gasteiger partial charge in [0.05, 0.1) is 6.61 Å². The van der Waals surface area contributed by atoms with E-state index in [0.717, 1.165) is 11.3 Å². The van der Waals surface area contributed by atoms with E-state index in [9.17, 15) is 4.79 Å². The Bertz CT molecular complexity index is 436. The molecule has 0 spiro atoms. The van der Waals surface area contributed by atoms with Gasteiger partial charge < -0.3 is 14.2 Å². The summed E-state index contributed by atoms with van der Waals surface area (Å²) in [5.41, 5.74) is 3.00. The van der Waals surface area contributed by atoms with Crippen molar-refractivity contribution in [2.24, 2.45) is 5.84 Å². The van der Waals surface area contributed by atoms with Gasteiger partial charge in [-0.3, -0.25) is 10.2 Å². The van der Waals surface area contributed by atoms with Crippen molar-refractivity contribution in [3.05, 3.63) is 23.8 Å². The molecule has 0 fully saturated rings. The fourth-order valence-corrected chi connectivity index (χ4v) is 1.70. The van der Waals surface area contributed by atoms with Crippen LogP contribution in [0.25, 0.3) is 0 Å². The van der Waals surface area contributed by atoms with Gasteiger partial charge in [-0.05, 0) is 24.1 Å². The summed E-state index contributed by atoms with van der Waals surface area (Å²) in [6, 6.07) is 5.54. The van der Waals surface area contributed by atoms with Crippen LogP contribution in [0.1, 0.15) is 18.9 Å². The average Bonchev–Trinajstić information content (AvgIpc) is 2.86. The first-order valence-electron chi connectivity index (χ1n) is 5.75. The molecule has 2 rings (SSSR count). The van der Waals surface area contributed by atoms with E-state index in [2.05, 4.69) is 5.43 Å². The topological polar surface area (TPSA) is 82.8 Å². The summed E-state index contributed by atoms with van der Waals surface area (Å²) < 4.78 is 16.0. The molecule has 1 aromatic rings. The Morgan fingerprint density at radius 3 is 3.00 bits per heavy atom. The molecule has 0 bridgehead atoms. The lowest BCUT2D eigenvalue weighted by Crippen LogP contribution is -2.40. The fourth-order valence-electron chi connectivity index (χ4n) is 1.70. The number of amides is 1. The normalized spacial score (nSPS) is 14.3. The van der Waals surface area contributed by atoms with E-state index >= 15 is 0 Å². The molecule has 0 radical (unpaired) electrons. The number of rotatable bonds is 5. The minimum absolute atomic E-state index is 0.243. The number of hydrogen-bond donors (Lipinski definition) is 2. The van der Waals surface area contributed by atoms with Crippen LogP contribution in [0.4, 0.5) is 0 Å². The maximum absolute atomic E-state index is 11.3. The van der Waals surface area contributed by atoms with Crippen LogP contribution in [0, 0.1) is 0 Å². The number of hydrazine groups is 1. The maximum atomic E-state index is 11.3. The highest BCUT2D eigenvalue weighted by Crippen LogP contribution is 2.32. The summed E-state index contributed by atoms with van der Waals surface area (Å²) >= 11 is 0. The SMILES string of the molecule is CCC(OCc1ccc2c(c1)OCO2)C(=O)NN. The molecule has 1 unspecified atom stereocenters. The van der Waals surface area contributed by atoms with E-state index in [0.29, 0.717) is 18.8 Å². The molecular weight excluding hydrogens is 236 g/mol. The smallest absolute Gasteiger partial charge is 0.262 e. The van der Waals surface area contributed by atoms with Crippen LogP contribution in [0.3, 0.4) is 0 Å². The Hall–Kier alpha value is -1.79. The summed E-state index contributed by atoms with van der Waals surface area (Å²) in [4.78, 5) is 11.3. The van der Waals surface area contributed by atoms with E-state index in [4.69, 9.17) is 20.1 Å². The van der Waals surface area contributed by atoms with E-state index in [-0.39, 0.29) is 12.7 Å². The molecule has 0 aromatic heterocycles. The zero-order chi connectivity index (χ0) is 13.0. The fraction of sp³-hybridized carbons (Fsp3) is 0.417. The Morgan fingerprint density at radius 1 is 1.50 bits per heavy atom. The number of carbonyl (C=O) groups is 1. The standard InChI is InChI=1S/C12H16N2O4/c1-2-9(12(15)14-13)16-6-8-3-4-10-11(5-8)18-7-17-10/h3-5,9H,2,6-7,13H2,1H3,(H,14,15). The lowest BCUT2D eigenvalue weighted by Gasteiger charge is -2.14. The van der Waals surface area contributed by atoms with Crippen LogP contribution in [0.5, 0.6) is 11.5 Å². The van der Waals surface area contributed by atoms with Crippen LogP contribution >= 0.6 is 0 Å². The second-order valence-corrected chi connectivity index (χ2v) is 3.90. The number of carbonyl (C=O) groups excluding carboxylic acids is 1. The third-order valence-corrected chi connectivity index (χ3v) is 2.69. The van der Waals surface area contributed by atoms with E-state index in [1.165, 1.54) is 0 Å². The Morgan fingerprint density at radius 2 is 2.28 bits per heavy atom. The second-order valence-electron chi connectivity index (χ2n) is 3.90. The summed E-state index contributed by atoms with van der Waals surface area (Å²) in [5.74, 6) is 6.18. The van der Waals surface area contributed by atoms with Crippen LogP contribution in [-0.4, -0.2) is 18.8 Å². The first kappa shape index (κ1) is 12.7. The predicted molar refractivity (Wildman–Crippen MR) is 63.8 cm³/mol. The van der Waals surface area contributed by atoms with Crippen molar-refractivity contribution in [3.8, 4) is 11.5 Å². The second kappa shape index (κ2) is 5.70. The third-order valence-electron chi connectivity index (χ3n) is 2.69. The molecule has 18 heavy (non-hydrogen) atoms. The third kappa shape index (κ3) is 2.72. The summed E-state index contributed by atoms with van der Waals surface area (Å²) in [6.45, 7) is 2.43. The van der Waals surface area contributed by atoms with Gasteiger partial charge in [0.1, 0.15) is 6.10 Å². The van der Waals surface area contributed by atoms with Crippen molar-refractivity contribution in [1.29, 1.82) is 0 Å². The molecule has 6 nitrogen and oxygen atoms in total. The number of nitrogens with one attached hydrogen (secondary N) is 1. The molecule has 98 valence electrons. The van der Waals surface area contributed by atoms with Gasteiger partial charge in [0.15, 0.2) is 11.5 Å². The van der Waals surface area contributed by atoms with Crippen LogP contribution in [0.15, 0.2) is 18.2 Å². The van der Waals surface area contributed by atoms with Crippen molar-refractivity contribution < 1.29 is 19.0 Å². The molecular formula is C12H16N2O4. The first-order chi connectivity index (χ1) is 8.74. The minimum atomic E-state index is -0.541. The van der Waals surface area contributed by atoms with Gasteiger partial charge in [-0.15, -0.1) is 0 Å². The number of benzene rings is 1. The van der Waals surface area contributed by atoms with Gasteiger partial charge in [-0.25, -0.2) is 5.84 Å². The van der Waals surface area contributed by atoms with Crippen LogP contribution in [-0.2, 0) is 16.1 Å². The van der Waals surface area contributed by atoms with Crippen LogP contribution in [0.2, 0.25) is 0 Å². The van der Waals surface area contributed by atoms with Crippen molar-refractivity contribution >= 4 is 5.91 Å². The maximum Gasteiger partial charge on any atom is 0.262 e. The van der Waals surface area contributed by atoms with Crippen molar-refractivity contribution in [2.75, 3.05) is 6.79 Å². The quantitative estimate of drug-likeness (QED) is 0.458. The highest BCUT2D eigenvalue weighted by atomic mass is 16.7. The zero-order valence-electron chi connectivity index (χ0n) is 10.1. The van der Waals surface area contributed by atoms with Gasteiger partial charge in [-0.2, -0.15) is 0 Å². The molecule has 1 aliphatic heterocycles. The van der Waals surface area contributed by atoms with Gasteiger partial charge in [-0.1, -0.05) is 13.0 Å². The molecule has 0 saturated heterocycles. The molecule has 1 atom stereocenters. The van der Waals surface area contributed by atoms with Gasteiger partial charge in [0, 0.05) is 0 Å². The molecule has 0 aliphatic carbocycles. The largest absolute Gasteiger partial charge is 0.454 e. The monoisotopic (exact) mass is 252 g/mol. The van der Waals surface area contributed by atoms with E-state index in [1.807, 2.05) is 25.1 Å². The first-order valence-corrected chi connectivity index (χ1v) is 5.75. The molecule has 6 heteroatoms. The zero-order valence-corrected chi connectivity index (χ0v) is 10.1. The lowest BCUT2D eigenvalue weighted by molar-refractivity contribution is -0.133. The van der Waals surface area contributed by atoms with Gasteiger partial charge in [0.25, 0.3) is 5.91 Å². The molecule has 0 saturated carbocycles. The van der Waals surface area contributed by atoms with E-state index < -0.39 is 6.10 Å². The number of nitrogens with two attached hydrogens (primary N) is 1. The highest BCUT2D eigenvalue weighted by Gasteiger charge is 2.17. The summed E-state index contributed by atoms with van der Waals surface area (Å²) in [6.07, 6.45) is 0.0218. The van der Waals surface area contributed by atoms with Crippen LogP contribution < -0.4 is 20.7 Å². The van der Waals surface area contributed by atoms with Gasteiger partial charge in [0.2, 0.25) is 6.79 Å². The van der Waals surface area contributed by atoms with E-state index in [1.54, 1.807) is 0 Å². The average molecular weight is 252 g/mol. The number of fused-ring (bicyclic) bond motifs is 1. The van der Waals surface area contributed by atoms with Crippen molar-refractivity contribution in [1.82, 2.24) is 5.43 Å². The Balaban J connectivity index is 1.95.